The van der Waals surface area contributed by atoms with Crippen LogP contribution in [0.1, 0.15) is 17.4 Å². The lowest BCUT2D eigenvalue weighted by Gasteiger charge is -2.07. The van der Waals surface area contributed by atoms with Gasteiger partial charge in [0.25, 0.3) is 0 Å². The van der Waals surface area contributed by atoms with Gasteiger partial charge in [-0.25, -0.2) is 9.78 Å². The minimum Gasteiger partial charge on any atom is -0.487 e. The van der Waals surface area contributed by atoms with Crippen LogP contribution in [0.5, 0.6) is 5.75 Å². The van der Waals surface area contributed by atoms with Crippen LogP contribution < -0.4 is 4.74 Å². The number of carboxylic acid groups (broad SMARTS) is 1. The SMILES string of the molecule is C/C(=C/Cl)COc1cccnc1C(=O)O. The molecule has 0 aliphatic carbocycles. The lowest BCUT2D eigenvalue weighted by molar-refractivity contribution is 0.0686. The molecule has 0 radical (unpaired) electrons. The van der Waals surface area contributed by atoms with Crippen molar-refractivity contribution in [1.29, 1.82) is 0 Å². The predicted octanol–water partition coefficient (Wildman–Crippen LogP) is 2.30. The summed E-state index contributed by atoms with van der Waals surface area (Å²) in [5, 5.41) is 8.80. The van der Waals surface area contributed by atoms with Crippen LogP contribution in [0.25, 0.3) is 0 Å². The molecule has 1 aromatic heterocycles. The maximum atomic E-state index is 10.8. The molecule has 0 aliphatic heterocycles. The highest BCUT2D eigenvalue weighted by molar-refractivity contribution is 6.25. The topological polar surface area (TPSA) is 59.4 Å². The zero-order chi connectivity index (χ0) is 11.3. The van der Waals surface area contributed by atoms with Gasteiger partial charge in [-0.05, 0) is 24.6 Å². The van der Waals surface area contributed by atoms with Crippen LogP contribution in [0.2, 0.25) is 0 Å². The molecule has 0 atom stereocenters. The summed E-state index contributed by atoms with van der Waals surface area (Å²) in [6, 6.07) is 3.17. The molecule has 0 unspecified atom stereocenters. The fraction of sp³-hybridized carbons (Fsp3) is 0.200. The highest BCUT2D eigenvalue weighted by Gasteiger charge is 2.11. The van der Waals surface area contributed by atoms with E-state index in [1.807, 2.05) is 0 Å². The van der Waals surface area contributed by atoms with E-state index in [1.165, 1.54) is 11.7 Å². The van der Waals surface area contributed by atoms with Crippen molar-refractivity contribution < 1.29 is 14.6 Å². The Morgan fingerprint density at radius 3 is 3.07 bits per heavy atom. The molecule has 1 heterocycles. The molecule has 1 aromatic rings. The van der Waals surface area contributed by atoms with Gasteiger partial charge in [-0.3, -0.25) is 0 Å². The predicted molar refractivity (Wildman–Crippen MR) is 56.3 cm³/mol. The maximum absolute atomic E-state index is 10.8. The quantitative estimate of drug-likeness (QED) is 0.858. The fourth-order valence-corrected chi connectivity index (χ4v) is 0.954. The number of ether oxygens (including phenoxy) is 1. The van der Waals surface area contributed by atoms with Gasteiger partial charge in [-0.15, -0.1) is 0 Å². The van der Waals surface area contributed by atoms with Gasteiger partial charge in [0.15, 0.2) is 11.4 Å². The number of hydrogen-bond acceptors (Lipinski definition) is 3. The highest BCUT2D eigenvalue weighted by atomic mass is 35.5. The van der Waals surface area contributed by atoms with Crippen molar-refractivity contribution in [2.24, 2.45) is 0 Å². The number of aromatic carboxylic acids is 1. The Bertz CT molecular complexity index is 390. The largest absolute Gasteiger partial charge is 0.487 e. The minimum atomic E-state index is -1.11. The molecule has 5 heteroatoms. The number of carbonyl (C=O) groups is 1. The van der Waals surface area contributed by atoms with Gasteiger partial charge < -0.3 is 9.84 Å². The van der Waals surface area contributed by atoms with Crippen LogP contribution in [-0.2, 0) is 0 Å². The lowest BCUT2D eigenvalue weighted by Crippen LogP contribution is -2.06. The summed E-state index contributed by atoms with van der Waals surface area (Å²) in [6.45, 7) is 2.03. The number of carboxylic acids is 1. The Morgan fingerprint density at radius 1 is 1.73 bits per heavy atom. The summed E-state index contributed by atoms with van der Waals surface area (Å²) in [6.07, 6.45) is 1.40. The van der Waals surface area contributed by atoms with Gasteiger partial charge >= 0.3 is 5.97 Å². The molecule has 0 bridgehead atoms. The standard InChI is InChI=1S/C10H10ClNO3/c1-7(5-11)6-15-8-3-2-4-12-9(8)10(13)14/h2-5H,6H2,1H3,(H,13,14)/b7-5-. The van der Waals surface area contributed by atoms with Gasteiger partial charge in [-0.1, -0.05) is 11.6 Å². The molecule has 0 spiro atoms. The number of pyridine rings is 1. The molecule has 4 nitrogen and oxygen atoms in total. The fourth-order valence-electron chi connectivity index (χ4n) is 0.891. The van der Waals surface area contributed by atoms with Gasteiger partial charge in [0.2, 0.25) is 0 Å². The first-order chi connectivity index (χ1) is 7.15. The smallest absolute Gasteiger partial charge is 0.358 e. The Morgan fingerprint density at radius 2 is 2.47 bits per heavy atom. The summed E-state index contributed by atoms with van der Waals surface area (Å²) in [5.41, 5.74) is 2.09. The summed E-state index contributed by atoms with van der Waals surface area (Å²) in [4.78, 5) is 14.5. The van der Waals surface area contributed by atoms with Crippen molar-refractivity contribution in [2.75, 3.05) is 6.61 Å². The Balaban J connectivity index is 2.80. The molecular formula is C10H10ClNO3. The van der Waals surface area contributed by atoms with Crippen molar-refractivity contribution in [3.63, 3.8) is 0 Å². The average molecular weight is 228 g/mol. The second-order valence-electron chi connectivity index (χ2n) is 2.90. The van der Waals surface area contributed by atoms with Gasteiger partial charge in [0.05, 0.1) is 0 Å². The minimum absolute atomic E-state index is 0.0973. The third kappa shape index (κ3) is 3.25. The second-order valence-corrected chi connectivity index (χ2v) is 3.12. The van der Waals surface area contributed by atoms with Crippen molar-refractivity contribution in [3.8, 4) is 5.75 Å². The second kappa shape index (κ2) is 5.36. The zero-order valence-corrected chi connectivity index (χ0v) is 8.86. The summed E-state index contributed by atoms with van der Waals surface area (Å²) < 4.78 is 5.26. The number of aromatic nitrogens is 1. The van der Waals surface area contributed by atoms with Crippen LogP contribution in [0, 0.1) is 0 Å². The highest BCUT2D eigenvalue weighted by Crippen LogP contribution is 2.15. The molecule has 0 saturated heterocycles. The Labute approximate surface area is 92.2 Å². The van der Waals surface area contributed by atoms with E-state index in [0.717, 1.165) is 5.57 Å². The average Bonchev–Trinajstić information content (AvgIpc) is 2.26. The number of hydrogen-bond donors (Lipinski definition) is 1. The van der Waals surface area contributed by atoms with E-state index in [9.17, 15) is 4.79 Å². The zero-order valence-electron chi connectivity index (χ0n) is 8.11. The molecule has 0 aromatic carbocycles. The number of rotatable bonds is 4. The Kier molecular flexibility index (Phi) is 4.12. The van der Waals surface area contributed by atoms with E-state index in [4.69, 9.17) is 21.4 Å². The first kappa shape index (κ1) is 11.5. The first-order valence-electron chi connectivity index (χ1n) is 4.22. The van der Waals surface area contributed by atoms with Gasteiger partial charge in [-0.2, -0.15) is 0 Å². The monoisotopic (exact) mass is 227 g/mol. The molecule has 0 amide bonds. The van der Waals surface area contributed by atoms with E-state index in [-0.39, 0.29) is 18.1 Å². The molecule has 80 valence electrons. The van der Waals surface area contributed by atoms with Crippen molar-refractivity contribution in [2.45, 2.75) is 6.92 Å². The van der Waals surface area contributed by atoms with E-state index in [0.29, 0.717) is 0 Å². The van der Waals surface area contributed by atoms with E-state index in [2.05, 4.69) is 4.98 Å². The molecule has 0 aliphatic rings. The van der Waals surface area contributed by atoms with E-state index in [1.54, 1.807) is 19.1 Å². The van der Waals surface area contributed by atoms with Crippen molar-refractivity contribution in [3.05, 3.63) is 35.1 Å². The normalized spacial score (nSPS) is 11.2. The molecule has 15 heavy (non-hydrogen) atoms. The molecule has 0 saturated carbocycles. The van der Waals surface area contributed by atoms with Crippen LogP contribution >= 0.6 is 11.6 Å². The number of nitrogens with zero attached hydrogens (tertiary/aromatic N) is 1. The third-order valence-electron chi connectivity index (χ3n) is 1.61. The van der Waals surface area contributed by atoms with Crippen LogP contribution in [0.4, 0.5) is 0 Å². The van der Waals surface area contributed by atoms with Gasteiger partial charge in [0, 0.05) is 11.7 Å². The van der Waals surface area contributed by atoms with Crippen molar-refractivity contribution in [1.82, 2.24) is 4.98 Å². The Hall–Kier alpha value is -1.55. The summed E-state index contributed by atoms with van der Waals surface area (Å²) in [5.74, 6) is -0.874. The van der Waals surface area contributed by atoms with Gasteiger partial charge in [0.1, 0.15) is 6.61 Å². The molecule has 1 N–H and O–H groups in total. The first-order valence-corrected chi connectivity index (χ1v) is 4.65. The van der Waals surface area contributed by atoms with Crippen LogP contribution in [-0.4, -0.2) is 22.7 Å². The van der Waals surface area contributed by atoms with Crippen LogP contribution in [0.3, 0.4) is 0 Å². The molecular weight excluding hydrogens is 218 g/mol. The molecule has 1 rings (SSSR count). The third-order valence-corrected chi connectivity index (χ3v) is 1.99. The summed E-state index contributed by atoms with van der Waals surface area (Å²) >= 11 is 5.45. The maximum Gasteiger partial charge on any atom is 0.358 e. The molecule has 0 fully saturated rings. The summed E-state index contributed by atoms with van der Waals surface area (Å²) in [7, 11) is 0. The van der Waals surface area contributed by atoms with E-state index >= 15 is 0 Å². The van der Waals surface area contributed by atoms with E-state index < -0.39 is 5.97 Å². The lowest BCUT2D eigenvalue weighted by atomic mass is 10.3. The van der Waals surface area contributed by atoms with Crippen LogP contribution in [0.15, 0.2) is 29.4 Å². The van der Waals surface area contributed by atoms with Crippen molar-refractivity contribution >= 4 is 17.6 Å². The number of halogens is 1.